The SMILES string of the molecule is O=C(NC1CCCCC1)c1ccccc1NC(=O)[C@H]1CCCN(S(=O)(=O)CCCc2ccccc2)C1. The van der Waals surface area contributed by atoms with Crippen LogP contribution >= 0.6 is 0 Å². The van der Waals surface area contributed by atoms with Gasteiger partial charge in [-0.15, -0.1) is 0 Å². The molecule has 194 valence electrons. The van der Waals surface area contributed by atoms with Gasteiger partial charge in [0.05, 0.1) is 22.9 Å². The number of anilines is 1. The fraction of sp³-hybridized carbons (Fsp3) is 0.500. The number of piperidine rings is 1. The Morgan fingerprint density at radius 2 is 1.61 bits per heavy atom. The fourth-order valence-corrected chi connectivity index (χ4v) is 6.76. The molecule has 2 fully saturated rings. The molecule has 1 saturated heterocycles. The van der Waals surface area contributed by atoms with E-state index in [9.17, 15) is 18.0 Å². The van der Waals surface area contributed by atoms with Gasteiger partial charge in [-0.25, -0.2) is 12.7 Å². The maximum Gasteiger partial charge on any atom is 0.253 e. The molecule has 36 heavy (non-hydrogen) atoms. The Balaban J connectivity index is 1.33. The third-order valence-corrected chi connectivity index (χ3v) is 9.15. The quantitative estimate of drug-likeness (QED) is 0.523. The second-order valence-corrected chi connectivity index (χ2v) is 12.0. The van der Waals surface area contributed by atoms with E-state index in [2.05, 4.69) is 10.6 Å². The Bertz CT molecular complexity index is 1130. The van der Waals surface area contributed by atoms with E-state index in [0.29, 0.717) is 43.5 Å². The minimum Gasteiger partial charge on any atom is -0.349 e. The number of hydrogen-bond acceptors (Lipinski definition) is 4. The van der Waals surface area contributed by atoms with Crippen LogP contribution < -0.4 is 10.6 Å². The first-order valence-corrected chi connectivity index (χ1v) is 14.8. The van der Waals surface area contributed by atoms with Crippen LogP contribution in [0.5, 0.6) is 0 Å². The molecule has 2 N–H and O–H groups in total. The highest BCUT2D eigenvalue weighted by molar-refractivity contribution is 7.89. The third-order valence-electron chi connectivity index (χ3n) is 7.23. The molecule has 0 bridgehead atoms. The maximum atomic E-state index is 13.1. The average Bonchev–Trinajstić information content (AvgIpc) is 2.90. The van der Waals surface area contributed by atoms with Crippen molar-refractivity contribution in [3.8, 4) is 0 Å². The van der Waals surface area contributed by atoms with Gasteiger partial charge in [0.25, 0.3) is 5.91 Å². The maximum absolute atomic E-state index is 13.1. The molecule has 1 aliphatic heterocycles. The summed E-state index contributed by atoms with van der Waals surface area (Å²) in [7, 11) is -3.44. The molecule has 1 heterocycles. The molecule has 0 spiro atoms. The van der Waals surface area contributed by atoms with Crippen LogP contribution in [-0.4, -0.2) is 49.4 Å². The standard InChI is InChI=1S/C28H37N3O4S/c32-27(30-26-18-8-7-17-25(26)28(33)29-24-15-5-2-6-16-24)23-14-9-19-31(21-23)36(34,35)20-10-13-22-11-3-1-4-12-22/h1,3-4,7-8,11-12,17-18,23-24H,2,5-6,9-10,13-16,19-21H2,(H,29,33)(H,30,32)/t23-/m0/s1. The van der Waals surface area contributed by atoms with Crippen LogP contribution in [0.3, 0.4) is 0 Å². The van der Waals surface area contributed by atoms with Gasteiger partial charge in [-0.2, -0.15) is 0 Å². The van der Waals surface area contributed by atoms with Crippen molar-refractivity contribution in [3.63, 3.8) is 0 Å². The predicted molar refractivity (Wildman–Crippen MR) is 142 cm³/mol. The van der Waals surface area contributed by atoms with Crippen LogP contribution in [0.15, 0.2) is 54.6 Å². The zero-order valence-electron chi connectivity index (χ0n) is 20.8. The first-order valence-electron chi connectivity index (χ1n) is 13.1. The summed E-state index contributed by atoms with van der Waals surface area (Å²) in [5, 5.41) is 6.02. The average molecular weight is 512 g/mol. The van der Waals surface area contributed by atoms with Crippen molar-refractivity contribution < 1.29 is 18.0 Å². The monoisotopic (exact) mass is 511 g/mol. The molecule has 4 rings (SSSR count). The number of nitrogens with one attached hydrogen (secondary N) is 2. The van der Waals surface area contributed by atoms with Crippen molar-refractivity contribution in [2.24, 2.45) is 5.92 Å². The summed E-state index contributed by atoms with van der Waals surface area (Å²) in [5.74, 6) is -0.793. The molecule has 7 nitrogen and oxygen atoms in total. The summed E-state index contributed by atoms with van der Waals surface area (Å²) >= 11 is 0. The van der Waals surface area contributed by atoms with Crippen LogP contribution in [0.1, 0.15) is 67.3 Å². The second-order valence-electron chi connectivity index (χ2n) is 9.95. The minimum atomic E-state index is -3.44. The number of para-hydroxylation sites is 1. The Labute approximate surface area is 214 Å². The highest BCUT2D eigenvalue weighted by atomic mass is 32.2. The highest BCUT2D eigenvalue weighted by Gasteiger charge is 2.32. The van der Waals surface area contributed by atoms with Crippen LogP contribution in [0.25, 0.3) is 0 Å². The van der Waals surface area contributed by atoms with E-state index in [1.165, 1.54) is 10.7 Å². The zero-order chi connectivity index (χ0) is 25.4. The summed E-state index contributed by atoms with van der Waals surface area (Å²) in [5.41, 5.74) is 2.03. The van der Waals surface area contributed by atoms with E-state index >= 15 is 0 Å². The lowest BCUT2D eigenvalue weighted by molar-refractivity contribution is -0.120. The van der Waals surface area contributed by atoms with Crippen LogP contribution in [0, 0.1) is 5.92 Å². The normalized spacial score (nSPS) is 19.5. The van der Waals surface area contributed by atoms with Crippen molar-refractivity contribution in [1.29, 1.82) is 0 Å². The first kappa shape index (κ1) is 26.4. The smallest absolute Gasteiger partial charge is 0.253 e. The Hall–Kier alpha value is -2.71. The molecular weight excluding hydrogens is 474 g/mol. The Kier molecular flexibility index (Phi) is 9.15. The van der Waals surface area contributed by atoms with E-state index in [1.54, 1.807) is 24.3 Å². The molecule has 2 aromatic rings. The fourth-order valence-electron chi connectivity index (χ4n) is 5.18. The Morgan fingerprint density at radius 3 is 2.39 bits per heavy atom. The van der Waals surface area contributed by atoms with Crippen molar-refractivity contribution in [2.75, 3.05) is 24.2 Å². The van der Waals surface area contributed by atoms with Crippen LogP contribution in [-0.2, 0) is 21.2 Å². The largest absolute Gasteiger partial charge is 0.349 e. The lowest BCUT2D eigenvalue weighted by Crippen LogP contribution is -2.44. The molecular formula is C28H37N3O4S. The zero-order valence-corrected chi connectivity index (χ0v) is 21.6. The van der Waals surface area contributed by atoms with Gasteiger partial charge in [0.15, 0.2) is 0 Å². The molecule has 1 saturated carbocycles. The van der Waals surface area contributed by atoms with Gasteiger partial charge < -0.3 is 10.6 Å². The molecule has 1 atom stereocenters. The van der Waals surface area contributed by atoms with Crippen molar-refractivity contribution in [1.82, 2.24) is 9.62 Å². The molecule has 8 heteroatoms. The van der Waals surface area contributed by atoms with Crippen LogP contribution in [0.2, 0.25) is 0 Å². The van der Waals surface area contributed by atoms with E-state index < -0.39 is 15.9 Å². The van der Waals surface area contributed by atoms with E-state index in [0.717, 1.165) is 31.2 Å². The number of aryl methyl sites for hydroxylation is 1. The molecule has 0 unspecified atom stereocenters. The Morgan fingerprint density at radius 1 is 0.889 bits per heavy atom. The van der Waals surface area contributed by atoms with Gasteiger partial charge in [0.1, 0.15) is 0 Å². The van der Waals surface area contributed by atoms with Gasteiger partial charge >= 0.3 is 0 Å². The number of hydrogen-bond donors (Lipinski definition) is 2. The number of sulfonamides is 1. The molecule has 1 aliphatic carbocycles. The minimum absolute atomic E-state index is 0.0698. The number of rotatable bonds is 9. The van der Waals surface area contributed by atoms with Gasteiger partial charge in [0.2, 0.25) is 15.9 Å². The molecule has 0 radical (unpaired) electrons. The number of nitrogens with zero attached hydrogens (tertiary/aromatic N) is 1. The van der Waals surface area contributed by atoms with Gasteiger partial charge in [0, 0.05) is 19.1 Å². The summed E-state index contributed by atoms with van der Waals surface area (Å²) in [6.07, 6.45) is 7.93. The second kappa shape index (κ2) is 12.5. The number of carbonyl (C=O) groups excluding carboxylic acids is 2. The number of benzene rings is 2. The lowest BCUT2D eigenvalue weighted by Gasteiger charge is -2.31. The van der Waals surface area contributed by atoms with Crippen LogP contribution in [0.4, 0.5) is 5.69 Å². The predicted octanol–water partition coefficient (Wildman–Crippen LogP) is 4.36. The summed E-state index contributed by atoms with van der Waals surface area (Å²) in [4.78, 5) is 26.1. The summed E-state index contributed by atoms with van der Waals surface area (Å²) < 4.78 is 27.4. The number of carbonyl (C=O) groups is 2. The molecule has 2 aliphatic rings. The third kappa shape index (κ3) is 7.17. The topological polar surface area (TPSA) is 95.6 Å². The van der Waals surface area contributed by atoms with Gasteiger partial charge in [-0.1, -0.05) is 61.7 Å². The number of amides is 2. The van der Waals surface area contributed by atoms with Gasteiger partial charge in [-0.3, -0.25) is 9.59 Å². The summed E-state index contributed by atoms with van der Waals surface area (Å²) in [6, 6.07) is 17.1. The van der Waals surface area contributed by atoms with Crippen molar-refractivity contribution in [3.05, 3.63) is 65.7 Å². The highest BCUT2D eigenvalue weighted by Crippen LogP contribution is 2.24. The first-order chi connectivity index (χ1) is 17.4. The van der Waals surface area contributed by atoms with Crippen molar-refractivity contribution in [2.45, 2.75) is 63.8 Å². The van der Waals surface area contributed by atoms with Gasteiger partial charge in [-0.05, 0) is 56.2 Å². The van der Waals surface area contributed by atoms with E-state index in [4.69, 9.17) is 0 Å². The van der Waals surface area contributed by atoms with E-state index in [-0.39, 0.29) is 30.2 Å². The molecule has 2 amide bonds. The lowest BCUT2D eigenvalue weighted by atomic mass is 9.95. The van der Waals surface area contributed by atoms with E-state index in [1.807, 2.05) is 30.3 Å². The van der Waals surface area contributed by atoms with Crippen molar-refractivity contribution >= 4 is 27.5 Å². The summed E-state index contributed by atoms with van der Waals surface area (Å²) in [6.45, 7) is 0.619. The molecule has 2 aromatic carbocycles. The molecule has 0 aromatic heterocycles.